The van der Waals surface area contributed by atoms with Gasteiger partial charge in [0.05, 0.1) is 12.7 Å². The number of anilines is 1. The van der Waals surface area contributed by atoms with Gasteiger partial charge in [-0.15, -0.1) is 0 Å². The van der Waals surface area contributed by atoms with Gasteiger partial charge in [-0.3, -0.25) is 5.32 Å². The first-order valence-electron chi connectivity index (χ1n) is 6.43. The molecule has 1 aromatic heterocycles. The Morgan fingerprint density at radius 3 is 2.31 bits per heavy atom. The van der Waals surface area contributed by atoms with E-state index in [1.165, 1.54) is 13.4 Å². The monoisotopic (exact) mass is 501 g/mol. The minimum absolute atomic E-state index is 0. The fourth-order valence-corrected chi connectivity index (χ4v) is 1.87. The van der Waals surface area contributed by atoms with E-state index in [-0.39, 0.29) is 41.5 Å². The van der Waals surface area contributed by atoms with Gasteiger partial charge in [0.1, 0.15) is 12.2 Å². The predicted octanol–water partition coefficient (Wildman–Crippen LogP) is 1.20. The molecule has 0 aliphatic heterocycles. The molecule has 1 aromatic carbocycles. The number of rotatable bonds is 2. The van der Waals surface area contributed by atoms with Crippen molar-refractivity contribution in [1.82, 2.24) is 15.0 Å². The molecular weight excluding hydrogens is 488 g/mol. The molecule has 0 radical (unpaired) electrons. The van der Waals surface area contributed by atoms with Crippen LogP contribution in [0.4, 0.5) is 10.7 Å². The SMILES string of the molecule is COC(=O)c1ccc(I)cc1.Cc1ncnc(NC(=O)N=S(=O)=O)n1.[NaH]. The molecule has 2 rings (SSSR count). The third-order valence-electron chi connectivity index (χ3n) is 2.33. The van der Waals surface area contributed by atoms with Gasteiger partial charge in [-0.25, -0.2) is 19.6 Å². The van der Waals surface area contributed by atoms with Crippen LogP contribution in [-0.4, -0.2) is 72.0 Å². The number of aryl methyl sites for hydroxylation is 1. The van der Waals surface area contributed by atoms with E-state index < -0.39 is 16.5 Å². The summed E-state index contributed by atoms with van der Waals surface area (Å²) in [5.41, 5.74) is 0.591. The number of hydrogen-bond donors (Lipinski definition) is 1. The molecule has 0 atom stereocenters. The molecule has 0 aliphatic rings. The van der Waals surface area contributed by atoms with E-state index in [9.17, 15) is 18.0 Å². The number of methoxy groups -OCH3 is 1. The number of nitrogens with one attached hydrogen (secondary N) is 1. The van der Waals surface area contributed by atoms with Crippen LogP contribution < -0.4 is 5.32 Å². The number of nitrogens with zero attached hydrogens (tertiary/aromatic N) is 4. The van der Waals surface area contributed by atoms with Crippen molar-refractivity contribution in [1.29, 1.82) is 0 Å². The number of aromatic nitrogens is 3. The van der Waals surface area contributed by atoms with Crippen LogP contribution in [-0.2, 0) is 15.2 Å². The van der Waals surface area contributed by atoms with Gasteiger partial charge in [0.25, 0.3) is 0 Å². The fraction of sp³-hybridized carbons (Fsp3) is 0.154. The zero-order chi connectivity index (χ0) is 18.8. The van der Waals surface area contributed by atoms with Crippen LogP contribution in [0.15, 0.2) is 35.0 Å². The molecular formula is C13H13IN5NaO5S. The molecule has 0 saturated heterocycles. The summed E-state index contributed by atoms with van der Waals surface area (Å²) < 4.78 is 28.3. The molecule has 134 valence electrons. The van der Waals surface area contributed by atoms with Crippen molar-refractivity contribution >= 4 is 80.6 Å². The van der Waals surface area contributed by atoms with Gasteiger partial charge in [-0.1, -0.05) is 4.36 Å². The second-order valence-corrected chi connectivity index (χ2v) is 5.96. The van der Waals surface area contributed by atoms with Crippen LogP contribution in [0.1, 0.15) is 16.2 Å². The molecule has 0 spiro atoms. The van der Waals surface area contributed by atoms with Crippen LogP contribution in [0.25, 0.3) is 0 Å². The Bertz CT molecular complexity index is 884. The van der Waals surface area contributed by atoms with Crippen molar-refractivity contribution in [3.05, 3.63) is 45.6 Å². The number of carbonyl (C=O) groups excluding carboxylic acids is 2. The van der Waals surface area contributed by atoms with E-state index in [0.717, 1.165) is 3.57 Å². The maximum atomic E-state index is 10.9. The Kier molecular flexibility index (Phi) is 12.1. The van der Waals surface area contributed by atoms with Crippen molar-refractivity contribution in [3.63, 3.8) is 0 Å². The summed E-state index contributed by atoms with van der Waals surface area (Å²) in [5.74, 6) is 0.0663. The summed E-state index contributed by atoms with van der Waals surface area (Å²) >= 11 is 2.18. The number of benzene rings is 1. The van der Waals surface area contributed by atoms with Crippen molar-refractivity contribution in [2.24, 2.45) is 4.36 Å². The average molecular weight is 501 g/mol. The summed E-state index contributed by atoms with van der Waals surface area (Å²) in [6, 6.07) is 6.17. The molecule has 0 aliphatic carbocycles. The van der Waals surface area contributed by atoms with Crippen molar-refractivity contribution in [3.8, 4) is 0 Å². The van der Waals surface area contributed by atoms with E-state index in [1.54, 1.807) is 19.1 Å². The van der Waals surface area contributed by atoms with Crippen LogP contribution in [0.2, 0.25) is 0 Å². The predicted molar refractivity (Wildman–Crippen MR) is 103 cm³/mol. The molecule has 1 N–H and O–H groups in total. The van der Waals surface area contributed by atoms with Crippen LogP contribution in [0, 0.1) is 10.5 Å². The normalized spacial score (nSPS) is 8.88. The van der Waals surface area contributed by atoms with Gasteiger partial charge < -0.3 is 4.74 Å². The van der Waals surface area contributed by atoms with Gasteiger partial charge in [0, 0.05) is 3.57 Å². The average Bonchev–Trinajstić information content (AvgIpc) is 2.54. The molecule has 0 fully saturated rings. The second kappa shape index (κ2) is 12.8. The number of halogens is 1. The van der Waals surface area contributed by atoms with E-state index in [4.69, 9.17) is 0 Å². The van der Waals surface area contributed by atoms with Crippen molar-refractivity contribution < 1.29 is 22.7 Å². The van der Waals surface area contributed by atoms with Crippen LogP contribution in [0.3, 0.4) is 0 Å². The summed E-state index contributed by atoms with van der Waals surface area (Å²) in [6.45, 7) is 1.60. The fourth-order valence-electron chi connectivity index (χ4n) is 1.33. The molecule has 10 nitrogen and oxygen atoms in total. The van der Waals surface area contributed by atoms with Crippen LogP contribution in [0.5, 0.6) is 0 Å². The second-order valence-electron chi connectivity index (χ2n) is 4.09. The Labute approximate surface area is 186 Å². The number of esters is 1. The van der Waals surface area contributed by atoms with Crippen molar-refractivity contribution in [2.45, 2.75) is 6.92 Å². The number of urea groups is 1. The number of ether oxygens (including phenoxy) is 1. The number of carbonyl (C=O) groups is 2. The summed E-state index contributed by atoms with van der Waals surface area (Å²) in [4.78, 5) is 32.6. The number of amides is 2. The molecule has 13 heteroatoms. The van der Waals surface area contributed by atoms with Gasteiger partial charge in [-0.2, -0.15) is 13.4 Å². The van der Waals surface area contributed by atoms with Gasteiger partial charge in [-0.05, 0) is 53.8 Å². The topological polar surface area (TPSA) is 141 Å². The standard InChI is InChI=1S/C8H7IO2.C5H5N5O3S.Na.H/c1-11-8(10)6-2-4-7(9)5-3-6;1-3-6-2-7-4(8-3)9-5(11)10-14(12)13;;/h2-5H,1H3;2H,1H3,(H,6,7,8,9,11);;. The van der Waals surface area contributed by atoms with E-state index in [1.807, 2.05) is 12.1 Å². The number of hydrogen-bond acceptors (Lipinski definition) is 8. The zero-order valence-electron chi connectivity index (χ0n) is 13.0. The summed E-state index contributed by atoms with van der Waals surface area (Å²) in [6.07, 6.45) is 1.19. The van der Waals surface area contributed by atoms with Gasteiger partial charge >= 0.3 is 52.1 Å². The minimum atomic E-state index is -2.78. The first-order valence-corrected chi connectivity index (χ1v) is 8.54. The Morgan fingerprint density at radius 2 is 1.81 bits per heavy atom. The third kappa shape index (κ3) is 9.86. The molecule has 26 heavy (non-hydrogen) atoms. The molecule has 0 unspecified atom stereocenters. The Hall–Kier alpha value is -1.48. The summed E-state index contributed by atoms with van der Waals surface area (Å²) in [7, 11) is -1.41. The molecule has 2 aromatic rings. The third-order valence-corrected chi connectivity index (χ3v) is 3.37. The molecule has 1 heterocycles. The van der Waals surface area contributed by atoms with E-state index in [2.05, 4.69) is 52.0 Å². The first kappa shape index (κ1) is 24.5. The van der Waals surface area contributed by atoms with Gasteiger partial charge in [0.2, 0.25) is 5.95 Å². The van der Waals surface area contributed by atoms with E-state index >= 15 is 0 Å². The quantitative estimate of drug-likeness (QED) is 0.368. The maximum absolute atomic E-state index is 10.9. The Balaban J connectivity index is 0.000000475. The molecule has 0 saturated carbocycles. The Morgan fingerprint density at radius 1 is 1.19 bits per heavy atom. The summed E-state index contributed by atoms with van der Waals surface area (Å²) in [5, 5.41) is 2.05. The zero-order valence-corrected chi connectivity index (χ0v) is 16.0. The van der Waals surface area contributed by atoms with E-state index in [0.29, 0.717) is 11.4 Å². The van der Waals surface area contributed by atoms with Crippen molar-refractivity contribution in [2.75, 3.05) is 12.4 Å². The van der Waals surface area contributed by atoms with Crippen LogP contribution >= 0.6 is 22.6 Å². The molecule has 0 bridgehead atoms. The molecule has 2 amide bonds. The van der Waals surface area contributed by atoms with Gasteiger partial charge in [0.15, 0.2) is 0 Å². The first-order chi connectivity index (χ1) is 11.8.